The minimum atomic E-state index is -0.0613. The van der Waals surface area contributed by atoms with Crippen molar-refractivity contribution in [2.45, 2.75) is 40.5 Å². The molecule has 3 N–H and O–H groups in total. The Labute approximate surface area is 82.1 Å². The SMILES string of the molecule is CC.CC(C)CCCNC(=O)CN. The summed E-state index contributed by atoms with van der Waals surface area (Å²) in [6.07, 6.45) is 2.20. The van der Waals surface area contributed by atoms with Crippen LogP contribution in [0.2, 0.25) is 0 Å². The Morgan fingerprint density at radius 3 is 2.31 bits per heavy atom. The number of nitrogens with one attached hydrogen (secondary N) is 1. The van der Waals surface area contributed by atoms with E-state index in [1.165, 1.54) is 0 Å². The Morgan fingerprint density at radius 1 is 1.38 bits per heavy atom. The van der Waals surface area contributed by atoms with Gasteiger partial charge in [0.2, 0.25) is 5.91 Å². The van der Waals surface area contributed by atoms with Crippen LogP contribution in [0.3, 0.4) is 0 Å². The quantitative estimate of drug-likeness (QED) is 0.643. The van der Waals surface area contributed by atoms with Crippen LogP contribution < -0.4 is 11.1 Å². The molecule has 0 aromatic carbocycles. The zero-order valence-electron chi connectivity index (χ0n) is 9.39. The van der Waals surface area contributed by atoms with E-state index in [-0.39, 0.29) is 12.5 Å². The highest BCUT2D eigenvalue weighted by Crippen LogP contribution is 2.01. The third-order valence-corrected chi connectivity index (χ3v) is 1.47. The number of hydrogen-bond donors (Lipinski definition) is 2. The lowest BCUT2D eigenvalue weighted by atomic mass is 10.1. The van der Waals surface area contributed by atoms with Gasteiger partial charge in [0.05, 0.1) is 6.54 Å². The Kier molecular flexibility index (Phi) is 13.1. The molecule has 0 aliphatic carbocycles. The molecule has 0 saturated carbocycles. The van der Waals surface area contributed by atoms with Gasteiger partial charge >= 0.3 is 0 Å². The minimum absolute atomic E-state index is 0.0613. The Morgan fingerprint density at radius 2 is 1.92 bits per heavy atom. The van der Waals surface area contributed by atoms with Crippen molar-refractivity contribution in [3.05, 3.63) is 0 Å². The van der Waals surface area contributed by atoms with E-state index in [4.69, 9.17) is 5.73 Å². The molecule has 0 aromatic heterocycles. The highest BCUT2D eigenvalue weighted by Gasteiger charge is 1.96. The summed E-state index contributed by atoms with van der Waals surface area (Å²) in [5, 5.41) is 2.72. The van der Waals surface area contributed by atoms with Crippen LogP contribution in [0.25, 0.3) is 0 Å². The van der Waals surface area contributed by atoms with Crippen molar-refractivity contribution in [3.63, 3.8) is 0 Å². The molecular weight excluding hydrogens is 164 g/mol. The van der Waals surface area contributed by atoms with Crippen LogP contribution in [0, 0.1) is 5.92 Å². The molecule has 0 fully saturated rings. The maximum atomic E-state index is 10.6. The van der Waals surface area contributed by atoms with Gasteiger partial charge in [-0.3, -0.25) is 4.79 Å². The first kappa shape index (κ1) is 14.9. The normalized spacial score (nSPS) is 9.08. The van der Waals surface area contributed by atoms with Crippen molar-refractivity contribution in [3.8, 4) is 0 Å². The molecule has 0 heterocycles. The predicted octanol–water partition coefficient (Wildman–Crippen LogP) is 1.52. The van der Waals surface area contributed by atoms with Crippen LogP contribution in [0.15, 0.2) is 0 Å². The molecule has 0 radical (unpaired) electrons. The van der Waals surface area contributed by atoms with Gasteiger partial charge in [0.15, 0.2) is 0 Å². The van der Waals surface area contributed by atoms with Crippen molar-refractivity contribution in [2.75, 3.05) is 13.1 Å². The van der Waals surface area contributed by atoms with E-state index in [0.29, 0.717) is 5.92 Å². The summed E-state index contributed by atoms with van der Waals surface area (Å²) in [6, 6.07) is 0. The summed E-state index contributed by atoms with van der Waals surface area (Å²) < 4.78 is 0. The molecule has 0 aliphatic heterocycles. The summed E-state index contributed by atoms with van der Waals surface area (Å²) in [5.41, 5.74) is 5.10. The number of hydrogen-bond acceptors (Lipinski definition) is 2. The van der Waals surface area contributed by atoms with Crippen molar-refractivity contribution >= 4 is 5.91 Å². The molecule has 80 valence electrons. The van der Waals surface area contributed by atoms with Crippen molar-refractivity contribution in [1.82, 2.24) is 5.32 Å². The van der Waals surface area contributed by atoms with Gasteiger partial charge in [0.1, 0.15) is 0 Å². The zero-order chi connectivity index (χ0) is 10.7. The van der Waals surface area contributed by atoms with Gasteiger partial charge in [-0.05, 0) is 18.8 Å². The molecule has 0 aliphatic rings. The van der Waals surface area contributed by atoms with E-state index in [1.807, 2.05) is 13.8 Å². The summed E-state index contributed by atoms with van der Waals surface area (Å²) >= 11 is 0. The molecule has 0 saturated heterocycles. The van der Waals surface area contributed by atoms with Crippen LogP contribution in [0.1, 0.15) is 40.5 Å². The first-order valence-corrected chi connectivity index (χ1v) is 5.13. The predicted molar refractivity (Wildman–Crippen MR) is 57.5 cm³/mol. The van der Waals surface area contributed by atoms with Gasteiger partial charge in [0.25, 0.3) is 0 Å². The first-order valence-electron chi connectivity index (χ1n) is 5.13. The summed E-state index contributed by atoms with van der Waals surface area (Å²) in [6.45, 7) is 9.20. The Hall–Kier alpha value is -0.570. The third kappa shape index (κ3) is 14.3. The average molecular weight is 188 g/mol. The number of carbonyl (C=O) groups excluding carboxylic acids is 1. The highest BCUT2D eigenvalue weighted by molar-refractivity contribution is 5.77. The minimum Gasteiger partial charge on any atom is -0.355 e. The molecule has 3 nitrogen and oxygen atoms in total. The van der Waals surface area contributed by atoms with Crippen molar-refractivity contribution in [2.24, 2.45) is 11.7 Å². The van der Waals surface area contributed by atoms with Crippen molar-refractivity contribution < 1.29 is 4.79 Å². The fourth-order valence-electron chi connectivity index (χ4n) is 0.810. The maximum Gasteiger partial charge on any atom is 0.233 e. The van der Waals surface area contributed by atoms with E-state index in [9.17, 15) is 4.79 Å². The average Bonchev–Trinajstić information content (AvgIpc) is 2.15. The molecule has 13 heavy (non-hydrogen) atoms. The summed E-state index contributed by atoms with van der Waals surface area (Å²) in [4.78, 5) is 10.6. The van der Waals surface area contributed by atoms with Crippen LogP contribution >= 0.6 is 0 Å². The van der Waals surface area contributed by atoms with Gasteiger partial charge in [-0.2, -0.15) is 0 Å². The van der Waals surface area contributed by atoms with Gasteiger partial charge in [-0.15, -0.1) is 0 Å². The smallest absolute Gasteiger partial charge is 0.233 e. The van der Waals surface area contributed by atoms with E-state index in [2.05, 4.69) is 19.2 Å². The van der Waals surface area contributed by atoms with E-state index < -0.39 is 0 Å². The standard InChI is InChI=1S/C8H18N2O.C2H6/c1-7(2)4-3-5-10-8(11)6-9;1-2/h7H,3-6,9H2,1-2H3,(H,10,11);1-2H3. The van der Waals surface area contributed by atoms with Crippen LogP contribution in [0.5, 0.6) is 0 Å². The third-order valence-electron chi connectivity index (χ3n) is 1.47. The molecule has 0 rings (SSSR count). The lowest BCUT2D eigenvalue weighted by Gasteiger charge is -2.04. The maximum absolute atomic E-state index is 10.6. The van der Waals surface area contributed by atoms with Gasteiger partial charge < -0.3 is 11.1 Å². The molecule has 1 amide bonds. The number of rotatable bonds is 5. The Balaban J connectivity index is 0. The van der Waals surface area contributed by atoms with Gasteiger partial charge in [-0.1, -0.05) is 27.7 Å². The second-order valence-electron chi connectivity index (χ2n) is 3.09. The van der Waals surface area contributed by atoms with Crippen molar-refractivity contribution in [1.29, 1.82) is 0 Å². The molecule has 0 bridgehead atoms. The molecule has 0 unspecified atom stereocenters. The molecule has 3 heteroatoms. The largest absolute Gasteiger partial charge is 0.355 e. The molecule has 0 atom stereocenters. The fourth-order valence-corrected chi connectivity index (χ4v) is 0.810. The summed E-state index contributed by atoms with van der Waals surface area (Å²) in [5.74, 6) is 0.651. The van der Waals surface area contributed by atoms with E-state index in [1.54, 1.807) is 0 Å². The van der Waals surface area contributed by atoms with Gasteiger partial charge in [-0.25, -0.2) is 0 Å². The Bertz CT molecular complexity index is 113. The first-order chi connectivity index (χ1) is 6.16. The summed E-state index contributed by atoms with van der Waals surface area (Å²) in [7, 11) is 0. The topological polar surface area (TPSA) is 55.1 Å². The van der Waals surface area contributed by atoms with E-state index in [0.717, 1.165) is 19.4 Å². The second-order valence-corrected chi connectivity index (χ2v) is 3.09. The second kappa shape index (κ2) is 11.4. The fraction of sp³-hybridized carbons (Fsp3) is 0.900. The van der Waals surface area contributed by atoms with Gasteiger partial charge in [0, 0.05) is 6.54 Å². The lowest BCUT2D eigenvalue weighted by Crippen LogP contribution is -2.31. The van der Waals surface area contributed by atoms with Crippen LogP contribution in [-0.2, 0) is 4.79 Å². The van der Waals surface area contributed by atoms with E-state index >= 15 is 0 Å². The van der Waals surface area contributed by atoms with Crippen LogP contribution in [-0.4, -0.2) is 19.0 Å². The molecule has 0 aromatic rings. The highest BCUT2D eigenvalue weighted by atomic mass is 16.1. The molecule has 0 spiro atoms. The molecular formula is C10H24N2O. The number of nitrogens with two attached hydrogens (primary N) is 1. The zero-order valence-corrected chi connectivity index (χ0v) is 9.39. The number of carbonyl (C=O) groups is 1. The van der Waals surface area contributed by atoms with Crippen LogP contribution in [0.4, 0.5) is 0 Å². The number of amides is 1. The monoisotopic (exact) mass is 188 g/mol. The lowest BCUT2D eigenvalue weighted by molar-refractivity contribution is -0.119.